The molecule has 0 saturated carbocycles. The highest BCUT2D eigenvalue weighted by atomic mass is 16.5. The summed E-state index contributed by atoms with van der Waals surface area (Å²) in [5.74, 6) is -0.212. The summed E-state index contributed by atoms with van der Waals surface area (Å²) in [6, 6.07) is 0. The van der Waals surface area contributed by atoms with Crippen molar-refractivity contribution < 1.29 is 28.6 Å². The third-order valence-electron chi connectivity index (χ3n) is 3.67. The Morgan fingerprint density at radius 3 is 2.04 bits per heavy atom. The zero-order valence-electron chi connectivity index (χ0n) is 16.5. The van der Waals surface area contributed by atoms with Crippen LogP contribution in [0.4, 0.5) is 0 Å². The van der Waals surface area contributed by atoms with Crippen molar-refractivity contribution in [2.45, 2.75) is 34.1 Å². The second kappa shape index (κ2) is 15.7. The summed E-state index contributed by atoms with van der Waals surface area (Å²) in [5, 5.41) is 5.41. The maximum absolute atomic E-state index is 11.5. The molecule has 0 aliphatic heterocycles. The summed E-state index contributed by atoms with van der Waals surface area (Å²) in [5.41, 5.74) is 0. The first-order chi connectivity index (χ1) is 12.4. The Morgan fingerprint density at radius 2 is 1.38 bits per heavy atom. The quantitative estimate of drug-likeness (QED) is 0.382. The highest BCUT2D eigenvalue weighted by Crippen LogP contribution is 1.98. The van der Waals surface area contributed by atoms with Crippen molar-refractivity contribution in [2.75, 3.05) is 52.7 Å². The predicted molar refractivity (Wildman–Crippen MR) is 97.8 cm³/mol. The molecule has 0 bridgehead atoms. The molecule has 8 heteroatoms. The van der Waals surface area contributed by atoms with Crippen molar-refractivity contribution in [3.63, 3.8) is 0 Å². The molecule has 8 nitrogen and oxygen atoms in total. The van der Waals surface area contributed by atoms with Crippen LogP contribution < -0.4 is 10.6 Å². The summed E-state index contributed by atoms with van der Waals surface area (Å²) in [7, 11) is 0. The molecule has 0 radical (unpaired) electrons. The molecule has 0 heterocycles. The Labute approximate surface area is 156 Å². The van der Waals surface area contributed by atoms with E-state index in [4.69, 9.17) is 14.2 Å². The maximum atomic E-state index is 11.5. The van der Waals surface area contributed by atoms with E-state index in [2.05, 4.69) is 10.6 Å². The van der Waals surface area contributed by atoms with Gasteiger partial charge in [0.2, 0.25) is 11.8 Å². The van der Waals surface area contributed by atoms with Crippen LogP contribution in [0.25, 0.3) is 0 Å². The predicted octanol–water partition coefficient (Wildman–Crippen LogP) is 0.540. The molecule has 1 atom stereocenters. The summed E-state index contributed by atoms with van der Waals surface area (Å²) in [6.07, 6.45) is 0.791. The minimum absolute atomic E-state index is 0.00440. The van der Waals surface area contributed by atoms with Crippen molar-refractivity contribution in [3.8, 4) is 0 Å². The number of hydrogen-bond acceptors (Lipinski definition) is 6. The fraction of sp³-hybridized carbons (Fsp3) is 0.833. The minimum Gasteiger partial charge on any atom is -0.377 e. The zero-order chi connectivity index (χ0) is 19.8. The zero-order valence-corrected chi connectivity index (χ0v) is 16.5. The monoisotopic (exact) mass is 374 g/mol. The van der Waals surface area contributed by atoms with Crippen LogP contribution in [0.3, 0.4) is 0 Å². The van der Waals surface area contributed by atoms with Crippen LogP contribution in [0.15, 0.2) is 0 Å². The summed E-state index contributed by atoms with van der Waals surface area (Å²) < 4.78 is 15.7. The van der Waals surface area contributed by atoms with Crippen LogP contribution in [-0.2, 0) is 28.6 Å². The van der Waals surface area contributed by atoms with Gasteiger partial charge in [0.25, 0.3) is 0 Å². The molecule has 0 saturated heterocycles. The third kappa shape index (κ3) is 13.7. The van der Waals surface area contributed by atoms with E-state index in [9.17, 15) is 14.4 Å². The number of nitrogens with one attached hydrogen (secondary N) is 2. The van der Waals surface area contributed by atoms with Crippen molar-refractivity contribution in [3.05, 3.63) is 0 Å². The highest BCUT2D eigenvalue weighted by molar-refractivity contribution is 5.81. The van der Waals surface area contributed by atoms with Gasteiger partial charge in [-0.1, -0.05) is 27.7 Å². The van der Waals surface area contributed by atoms with E-state index in [-0.39, 0.29) is 42.6 Å². The Kier molecular flexibility index (Phi) is 14.8. The van der Waals surface area contributed by atoms with E-state index in [1.807, 2.05) is 27.7 Å². The number of carbonyl (C=O) groups excluding carboxylic acids is 3. The highest BCUT2D eigenvalue weighted by Gasteiger charge is 2.09. The lowest BCUT2D eigenvalue weighted by Crippen LogP contribution is -2.34. The molecule has 0 aliphatic carbocycles. The van der Waals surface area contributed by atoms with Gasteiger partial charge in [0.05, 0.1) is 26.4 Å². The second-order valence-corrected chi connectivity index (χ2v) is 6.29. The van der Waals surface area contributed by atoms with Gasteiger partial charge in [0, 0.05) is 24.9 Å². The molecule has 2 amide bonds. The van der Waals surface area contributed by atoms with Gasteiger partial charge >= 0.3 is 0 Å². The Morgan fingerprint density at radius 1 is 0.808 bits per heavy atom. The first-order valence-corrected chi connectivity index (χ1v) is 9.18. The standard InChI is InChI=1S/C18H34N2O6/c1-5-15(4)18(23)20-7-9-25-13-17(22)19-6-8-24-10-11-26-12-16(21)14(2)3/h14-15H,5-13H2,1-4H3,(H,19,22)(H,20,23). The Hall–Kier alpha value is -1.51. The number of ether oxygens (including phenoxy) is 3. The molecule has 26 heavy (non-hydrogen) atoms. The molecule has 0 rings (SSSR count). The van der Waals surface area contributed by atoms with E-state index in [1.54, 1.807) is 0 Å². The lowest BCUT2D eigenvalue weighted by Gasteiger charge is -2.10. The van der Waals surface area contributed by atoms with Crippen molar-refractivity contribution in [1.82, 2.24) is 10.6 Å². The topological polar surface area (TPSA) is 103 Å². The third-order valence-corrected chi connectivity index (χ3v) is 3.67. The van der Waals surface area contributed by atoms with E-state index >= 15 is 0 Å². The average molecular weight is 374 g/mol. The number of ketones is 1. The number of carbonyl (C=O) groups is 3. The van der Waals surface area contributed by atoms with Gasteiger partial charge in [0.1, 0.15) is 13.2 Å². The molecule has 0 aliphatic rings. The van der Waals surface area contributed by atoms with E-state index in [0.29, 0.717) is 39.5 Å². The molecule has 0 spiro atoms. The normalized spacial score (nSPS) is 12.0. The number of amides is 2. The minimum atomic E-state index is -0.236. The maximum Gasteiger partial charge on any atom is 0.246 e. The molecule has 1 unspecified atom stereocenters. The lowest BCUT2D eigenvalue weighted by molar-refractivity contribution is -0.128. The van der Waals surface area contributed by atoms with Gasteiger partial charge in [-0.2, -0.15) is 0 Å². The Balaban J connectivity index is 3.40. The SMILES string of the molecule is CCC(C)C(=O)NCCOCC(=O)NCCOCCOCC(=O)C(C)C. The first kappa shape index (κ1) is 24.5. The fourth-order valence-electron chi connectivity index (χ4n) is 1.64. The van der Waals surface area contributed by atoms with Crippen LogP contribution in [0.1, 0.15) is 34.1 Å². The Bertz CT molecular complexity index is 414. The van der Waals surface area contributed by atoms with Crippen molar-refractivity contribution >= 4 is 17.6 Å². The molecule has 0 aromatic rings. The molecule has 0 aromatic heterocycles. The second-order valence-electron chi connectivity index (χ2n) is 6.29. The number of Topliss-reactive ketones (excluding diaryl/α,β-unsaturated/α-hetero) is 1. The van der Waals surface area contributed by atoms with Crippen LogP contribution in [-0.4, -0.2) is 70.3 Å². The summed E-state index contributed by atoms with van der Waals surface area (Å²) >= 11 is 0. The van der Waals surface area contributed by atoms with E-state index in [0.717, 1.165) is 6.42 Å². The van der Waals surface area contributed by atoms with Gasteiger partial charge < -0.3 is 24.8 Å². The molecule has 2 N–H and O–H groups in total. The molecule has 0 aromatic carbocycles. The van der Waals surface area contributed by atoms with Crippen LogP contribution in [0, 0.1) is 11.8 Å². The lowest BCUT2D eigenvalue weighted by atomic mass is 10.1. The summed E-state index contributed by atoms with van der Waals surface area (Å²) in [6.45, 7) is 9.65. The number of rotatable bonds is 16. The van der Waals surface area contributed by atoms with E-state index in [1.165, 1.54) is 0 Å². The van der Waals surface area contributed by atoms with Crippen molar-refractivity contribution in [2.24, 2.45) is 11.8 Å². The molecule has 0 fully saturated rings. The van der Waals surface area contributed by atoms with Gasteiger partial charge in [-0.05, 0) is 6.42 Å². The smallest absolute Gasteiger partial charge is 0.246 e. The molecular weight excluding hydrogens is 340 g/mol. The molecule has 152 valence electrons. The van der Waals surface area contributed by atoms with Crippen LogP contribution in [0.5, 0.6) is 0 Å². The van der Waals surface area contributed by atoms with Gasteiger partial charge in [-0.25, -0.2) is 0 Å². The number of hydrogen-bond donors (Lipinski definition) is 2. The first-order valence-electron chi connectivity index (χ1n) is 9.18. The summed E-state index contributed by atoms with van der Waals surface area (Å²) in [4.78, 5) is 34.4. The van der Waals surface area contributed by atoms with Crippen LogP contribution >= 0.6 is 0 Å². The average Bonchev–Trinajstić information content (AvgIpc) is 2.62. The largest absolute Gasteiger partial charge is 0.377 e. The fourth-order valence-corrected chi connectivity index (χ4v) is 1.64. The van der Waals surface area contributed by atoms with Crippen molar-refractivity contribution in [1.29, 1.82) is 0 Å². The van der Waals surface area contributed by atoms with E-state index < -0.39 is 0 Å². The van der Waals surface area contributed by atoms with Crippen LogP contribution in [0.2, 0.25) is 0 Å². The van der Waals surface area contributed by atoms with Gasteiger partial charge in [-0.15, -0.1) is 0 Å². The molecular formula is C18H34N2O6. The van der Waals surface area contributed by atoms with Gasteiger partial charge in [-0.3, -0.25) is 14.4 Å². The van der Waals surface area contributed by atoms with Gasteiger partial charge in [0.15, 0.2) is 5.78 Å².